The number of aromatic nitrogens is 2. The normalized spacial score (nSPS) is 11.2. The Morgan fingerprint density at radius 1 is 1.29 bits per heavy atom. The molecule has 0 N–H and O–H groups in total. The fraction of sp³-hybridized carbons (Fsp3) is 0.0833. The molecule has 0 saturated carbocycles. The maximum atomic E-state index is 12.6. The number of alkyl halides is 3. The van der Waals surface area contributed by atoms with Crippen molar-refractivity contribution in [1.29, 1.82) is 5.26 Å². The van der Waals surface area contributed by atoms with Crippen molar-refractivity contribution in [3.63, 3.8) is 0 Å². The van der Waals surface area contributed by atoms with Gasteiger partial charge in [-0.25, -0.2) is 4.68 Å². The van der Waals surface area contributed by atoms with Crippen LogP contribution in [0.5, 0.6) is 0 Å². The molecule has 0 atom stereocenters. The predicted octanol–water partition coefficient (Wildman–Crippen LogP) is 3.88. The fourth-order valence-electron chi connectivity index (χ4n) is 1.62. The first-order chi connectivity index (χ1) is 9.77. The van der Waals surface area contributed by atoms with Gasteiger partial charge in [-0.3, -0.25) is 4.79 Å². The van der Waals surface area contributed by atoms with Gasteiger partial charge < -0.3 is 0 Å². The lowest BCUT2D eigenvalue weighted by molar-refractivity contribution is -0.137. The summed E-state index contributed by atoms with van der Waals surface area (Å²) in [5.74, 6) is 0. The highest BCUT2D eigenvalue weighted by atomic mass is 35.5. The van der Waals surface area contributed by atoms with E-state index in [-0.39, 0.29) is 27.0 Å². The van der Waals surface area contributed by atoms with Gasteiger partial charge in [-0.05, 0) is 12.1 Å². The first-order valence-corrected chi connectivity index (χ1v) is 6.05. The molecule has 9 heteroatoms. The molecule has 0 radical (unpaired) electrons. The van der Waals surface area contributed by atoms with Crippen molar-refractivity contribution in [2.75, 3.05) is 0 Å². The molecule has 0 fully saturated rings. The van der Waals surface area contributed by atoms with E-state index in [2.05, 4.69) is 5.10 Å². The summed E-state index contributed by atoms with van der Waals surface area (Å²) in [7, 11) is 0. The van der Waals surface area contributed by atoms with Gasteiger partial charge in [0.15, 0.2) is 12.0 Å². The number of aldehydes is 1. The van der Waals surface area contributed by atoms with Crippen molar-refractivity contribution >= 4 is 29.5 Å². The minimum absolute atomic E-state index is 0.0236. The number of carbonyl (C=O) groups is 1. The lowest BCUT2D eigenvalue weighted by Gasteiger charge is -2.12. The van der Waals surface area contributed by atoms with E-state index in [4.69, 9.17) is 28.5 Å². The fourth-order valence-corrected chi connectivity index (χ4v) is 2.28. The highest BCUT2D eigenvalue weighted by Crippen LogP contribution is 2.37. The van der Waals surface area contributed by atoms with Crippen LogP contribution >= 0.6 is 23.2 Å². The molecule has 0 bridgehead atoms. The molecule has 2 aromatic rings. The van der Waals surface area contributed by atoms with Crippen molar-refractivity contribution in [3.05, 3.63) is 45.2 Å². The van der Waals surface area contributed by atoms with Crippen LogP contribution in [-0.4, -0.2) is 16.1 Å². The molecule has 2 rings (SSSR count). The quantitative estimate of drug-likeness (QED) is 0.783. The second-order valence-electron chi connectivity index (χ2n) is 3.89. The van der Waals surface area contributed by atoms with E-state index in [0.717, 1.165) is 10.9 Å². The lowest BCUT2D eigenvalue weighted by atomic mass is 10.2. The Morgan fingerprint density at radius 2 is 1.86 bits per heavy atom. The van der Waals surface area contributed by atoms with E-state index in [1.165, 1.54) is 0 Å². The van der Waals surface area contributed by atoms with Gasteiger partial charge in [0.05, 0.1) is 21.2 Å². The predicted molar refractivity (Wildman–Crippen MR) is 68.7 cm³/mol. The molecule has 0 aliphatic heterocycles. The maximum Gasteiger partial charge on any atom is 0.416 e. The number of carbonyl (C=O) groups excluding carboxylic acids is 1. The van der Waals surface area contributed by atoms with Crippen molar-refractivity contribution in [2.45, 2.75) is 6.18 Å². The van der Waals surface area contributed by atoms with Crippen LogP contribution in [0.25, 0.3) is 5.69 Å². The maximum absolute atomic E-state index is 12.6. The van der Waals surface area contributed by atoms with Crippen LogP contribution in [0.2, 0.25) is 10.0 Å². The van der Waals surface area contributed by atoms with E-state index in [0.29, 0.717) is 18.4 Å². The number of hydrogen-bond donors (Lipinski definition) is 0. The van der Waals surface area contributed by atoms with Crippen LogP contribution in [0.1, 0.15) is 21.6 Å². The van der Waals surface area contributed by atoms with Gasteiger partial charge in [-0.1, -0.05) is 23.2 Å². The minimum atomic E-state index is -4.60. The first-order valence-electron chi connectivity index (χ1n) is 5.29. The number of benzene rings is 1. The Labute approximate surface area is 126 Å². The van der Waals surface area contributed by atoms with Crippen LogP contribution in [0, 0.1) is 11.3 Å². The molecule has 108 valence electrons. The lowest BCUT2D eigenvalue weighted by Crippen LogP contribution is -2.07. The van der Waals surface area contributed by atoms with E-state index in [1.807, 2.05) is 0 Å². The van der Waals surface area contributed by atoms with Gasteiger partial charge in [0, 0.05) is 6.20 Å². The van der Waals surface area contributed by atoms with Crippen LogP contribution in [0.3, 0.4) is 0 Å². The van der Waals surface area contributed by atoms with Gasteiger partial charge in [0.1, 0.15) is 11.8 Å². The van der Waals surface area contributed by atoms with E-state index >= 15 is 0 Å². The highest BCUT2D eigenvalue weighted by Gasteiger charge is 2.32. The summed E-state index contributed by atoms with van der Waals surface area (Å²) in [4.78, 5) is 10.8. The van der Waals surface area contributed by atoms with Crippen molar-refractivity contribution in [2.24, 2.45) is 0 Å². The smallest absolute Gasteiger partial charge is 0.298 e. The number of nitriles is 1. The Bertz CT molecular complexity index is 739. The highest BCUT2D eigenvalue weighted by molar-refractivity contribution is 6.37. The second kappa shape index (κ2) is 5.39. The van der Waals surface area contributed by atoms with Gasteiger partial charge in [-0.2, -0.15) is 23.5 Å². The third-order valence-corrected chi connectivity index (χ3v) is 3.12. The number of nitrogens with zero attached hydrogens (tertiary/aromatic N) is 3. The molecule has 0 spiro atoms. The summed E-state index contributed by atoms with van der Waals surface area (Å²) >= 11 is 11.6. The minimum Gasteiger partial charge on any atom is -0.298 e. The number of halogens is 5. The molecule has 0 aliphatic rings. The van der Waals surface area contributed by atoms with Gasteiger partial charge >= 0.3 is 6.18 Å². The molecule has 0 unspecified atom stereocenters. The van der Waals surface area contributed by atoms with Crippen LogP contribution in [0.15, 0.2) is 18.3 Å². The average Bonchev–Trinajstić information content (AvgIpc) is 2.79. The van der Waals surface area contributed by atoms with E-state index in [1.54, 1.807) is 6.07 Å². The van der Waals surface area contributed by atoms with E-state index < -0.39 is 11.7 Å². The van der Waals surface area contributed by atoms with Crippen molar-refractivity contribution < 1.29 is 18.0 Å². The van der Waals surface area contributed by atoms with Crippen molar-refractivity contribution in [3.8, 4) is 11.8 Å². The topological polar surface area (TPSA) is 58.7 Å². The van der Waals surface area contributed by atoms with Gasteiger partial charge in [0.2, 0.25) is 0 Å². The summed E-state index contributed by atoms with van der Waals surface area (Å²) in [5, 5.41) is 11.9. The molecule has 21 heavy (non-hydrogen) atoms. The Kier molecular flexibility index (Phi) is 3.94. The number of hydrogen-bond acceptors (Lipinski definition) is 3. The Morgan fingerprint density at radius 3 is 2.24 bits per heavy atom. The second-order valence-corrected chi connectivity index (χ2v) is 4.71. The summed E-state index contributed by atoms with van der Waals surface area (Å²) in [6, 6.07) is 3.06. The standard InChI is InChI=1S/C12H4Cl2F3N3O/c13-8-1-7(12(15,16)17)2-9(14)11(8)20-4-6(5-21)10(3-18)19-20/h1-2,4-5H. The van der Waals surface area contributed by atoms with Crippen LogP contribution in [0.4, 0.5) is 13.2 Å². The Hall–Kier alpha value is -2.04. The zero-order valence-electron chi connectivity index (χ0n) is 9.95. The SMILES string of the molecule is N#Cc1nn(-c2c(Cl)cc(C(F)(F)F)cc2Cl)cc1C=O. The summed E-state index contributed by atoms with van der Waals surface area (Å²) in [6.45, 7) is 0. The molecule has 4 nitrogen and oxygen atoms in total. The largest absolute Gasteiger partial charge is 0.416 e. The first kappa shape index (κ1) is 15.4. The zero-order valence-corrected chi connectivity index (χ0v) is 11.5. The van der Waals surface area contributed by atoms with Crippen LogP contribution in [-0.2, 0) is 6.18 Å². The monoisotopic (exact) mass is 333 g/mol. The molecule has 0 aliphatic carbocycles. The average molecular weight is 334 g/mol. The van der Waals surface area contributed by atoms with Gasteiger partial charge in [-0.15, -0.1) is 0 Å². The summed E-state index contributed by atoms with van der Waals surface area (Å²) < 4.78 is 38.9. The molecule has 1 aromatic heterocycles. The molecule has 1 heterocycles. The summed E-state index contributed by atoms with van der Waals surface area (Å²) in [6.07, 6.45) is -3.04. The molecular weight excluding hydrogens is 330 g/mol. The summed E-state index contributed by atoms with van der Waals surface area (Å²) in [5.41, 5.74) is -1.26. The third-order valence-electron chi connectivity index (χ3n) is 2.55. The molecular formula is C12H4Cl2F3N3O. The molecule has 0 amide bonds. The van der Waals surface area contributed by atoms with Gasteiger partial charge in [0.25, 0.3) is 0 Å². The molecule has 0 saturated heterocycles. The Balaban J connectivity index is 2.63. The van der Waals surface area contributed by atoms with Crippen molar-refractivity contribution in [1.82, 2.24) is 9.78 Å². The van der Waals surface area contributed by atoms with E-state index in [9.17, 15) is 18.0 Å². The third kappa shape index (κ3) is 2.86. The molecule has 1 aromatic carbocycles. The zero-order chi connectivity index (χ0) is 15.8. The number of rotatable bonds is 2. The van der Waals surface area contributed by atoms with Crippen LogP contribution < -0.4 is 0 Å².